The molecule has 4 N–H and O–H groups in total. The lowest BCUT2D eigenvalue weighted by Gasteiger charge is -2.19. The van der Waals surface area contributed by atoms with E-state index in [1.54, 1.807) is 25.1 Å². The summed E-state index contributed by atoms with van der Waals surface area (Å²) in [6, 6.07) is 5.41. The van der Waals surface area contributed by atoms with Gasteiger partial charge in [-0.2, -0.15) is 0 Å². The van der Waals surface area contributed by atoms with Gasteiger partial charge in [-0.3, -0.25) is 19.2 Å². The van der Waals surface area contributed by atoms with Crippen molar-refractivity contribution in [3.8, 4) is 0 Å². The Balaban J connectivity index is 2.71. The van der Waals surface area contributed by atoms with Gasteiger partial charge in [-0.1, -0.05) is 50.6 Å². The molecular weight excluding hydrogens is 454 g/mol. The molecule has 3 atom stereocenters. The number of aliphatic carboxylic acids is 1. The van der Waals surface area contributed by atoms with Gasteiger partial charge in [0.05, 0.1) is 18.3 Å². The van der Waals surface area contributed by atoms with E-state index in [4.69, 9.17) is 0 Å². The molecular formula is C21H29N3O8S. The largest absolute Gasteiger partial charge is 0.479 e. The van der Waals surface area contributed by atoms with Gasteiger partial charge in [-0.25, -0.2) is 13.2 Å². The van der Waals surface area contributed by atoms with Crippen LogP contribution in [0.5, 0.6) is 0 Å². The lowest BCUT2D eigenvalue weighted by atomic mass is 10.0. The average Bonchev–Trinajstić information content (AvgIpc) is 2.74. The van der Waals surface area contributed by atoms with E-state index in [1.807, 2.05) is 0 Å². The maximum atomic E-state index is 12.5. The number of carbonyl (C=O) groups excluding carboxylic acids is 4. The molecule has 0 aromatic heterocycles. The highest BCUT2D eigenvalue weighted by atomic mass is 32.2. The zero-order valence-electron chi connectivity index (χ0n) is 18.7. The molecule has 182 valence electrons. The highest BCUT2D eigenvalue weighted by molar-refractivity contribution is 7.90. The van der Waals surface area contributed by atoms with Crippen molar-refractivity contribution >= 4 is 39.3 Å². The van der Waals surface area contributed by atoms with Gasteiger partial charge < -0.3 is 21.1 Å². The number of hydrogen-bond acceptors (Lipinski definition) is 7. The minimum absolute atomic E-state index is 0.130. The predicted molar refractivity (Wildman–Crippen MR) is 119 cm³/mol. The number of sulfone groups is 1. The fourth-order valence-electron chi connectivity index (χ4n) is 2.95. The number of Topliss-reactive ketones (excluding diaryl/α,β-unsaturated/α-hetero) is 1. The zero-order valence-corrected chi connectivity index (χ0v) is 19.5. The first-order valence-corrected chi connectivity index (χ1v) is 12.3. The highest BCUT2D eigenvalue weighted by Crippen LogP contribution is 2.12. The Morgan fingerprint density at radius 3 is 2.15 bits per heavy atom. The second-order valence-electron chi connectivity index (χ2n) is 7.64. The van der Waals surface area contributed by atoms with Crippen molar-refractivity contribution in [1.82, 2.24) is 16.0 Å². The second-order valence-corrected chi connectivity index (χ2v) is 9.82. The summed E-state index contributed by atoms with van der Waals surface area (Å²) in [5.41, 5.74) is 0.328. The Kier molecular flexibility index (Phi) is 10.7. The van der Waals surface area contributed by atoms with Crippen LogP contribution in [0.2, 0.25) is 0 Å². The monoisotopic (exact) mass is 483 g/mol. The van der Waals surface area contributed by atoms with E-state index in [-0.39, 0.29) is 6.42 Å². The van der Waals surface area contributed by atoms with Crippen molar-refractivity contribution in [2.45, 2.75) is 38.8 Å². The molecule has 2 unspecified atom stereocenters. The SMILES string of the molecule is CCCC(NC(=O)C(C)CS(C)(=O)=O)C(=O)C(=O)NCC(=O)N[C@H](C(=O)O)c1ccccc1. The van der Waals surface area contributed by atoms with E-state index in [2.05, 4.69) is 16.0 Å². The molecule has 0 fully saturated rings. The molecule has 1 aromatic carbocycles. The summed E-state index contributed by atoms with van der Waals surface area (Å²) in [5.74, 6) is -6.29. The third kappa shape index (κ3) is 9.81. The van der Waals surface area contributed by atoms with Crippen LogP contribution in [-0.4, -0.2) is 67.6 Å². The first-order chi connectivity index (χ1) is 15.4. The Morgan fingerprint density at radius 2 is 1.64 bits per heavy atom. The minimum Gasteiger partial charge on any atom is -0.479 e. The van der Waals surface area contributed by atoms with Gasteiger partial charge >= 0.3 is 5.97 Å². The van der Waals surface area contributed by atoms with Gasteiger partial charge in [0.15, 0.2) is 6.04 Å². The van der Waals surface area contributed by atoms with Crippen LogP contribution in [0.4, 0.5) is 0 Å². The van der Waals surface area contributed by atoms with Crippen LogP contribution in [0.25, 0.3) is 0 Å². The first-order valence-electron chi connectivity index (χ1n) is 10.2. The second kappa shape index (κ2) is 12.7. The van der Waals surface area contributed by atoms with Crippen molar-refractivity contribution in [2.24, 2.45) is 5.92 Å². The molecule has 12 heteroatoms. The van der Waals surface area contributed by atoms with Gasteiger partial charge in [-0.05, 0) is 12.0 Å². The lowest BCUT2D eigenvalue weighted by Crippen LogP contribution is -2.50. The quantitative estimate of drug-likeness (QED) is 0.273. The summed E-state index contributed by atoms with van der Waals surface area (Å²) in [7, 11) is -3.42. The number of benzene rings is 1. The molecule has 0 saturated carbocycles. The number of amides is 3. The van der Waals surface area contributed by atoms with Crippen molar-refractivity contribution in [2.75, 3.05) is 18.6 Å². The fourth-order valence-corrected chi connectivity index (χ4v) is 4.01. The molecule has 0 aliphatic carbocycles. The van der Waals surface area contributed by atoms with Gasteiger partial charge in [0.25, 0.3) is 5.91 Å². The number of carboxylic acids is 1. The smallest absolute Gasteiger partial charge is 0.330 e. The molecule has 11 nitrogen and oxygen atoms in total. The number of hydrogen-bond donors (Lipinski definition) is 4. The Bertz CT molecular complexity index is 978. The summed E-state index contributed by atoms with van der Waals surface area (Å²) in [6.07, 6.45) is 1.56. The predicted octanol–water partition coefficient (Wildman–Crippen LogP) is -0.421. The topological polar surface area (TPSA) is 176 Å². The van der Waals surface area contributed by atoms with E-state index in [9.17, 15) is 37.5 Å². The van der Waals surface area contributed by atoms with Crippen LogP contribution < -0.4 is 16.0 Å². The van der Waals surface area contributed by atoms with Crippen molar-refractivity contribution in [3.05, 3.63) is 35.9 Å². The molecule has 0 radical (unpaired) electrons. The zero-order chi connectivity index (χ0) is 25.2. The third-order valence-electron chi connectivity index (χ3n) is 4.53. The van der Waals surface area contributed by atoms with Crippen LogP contribution in [-0.2, 0) is 33.8 Å². The molecule has 33 heavy (non-hydrogen) atoms. The molecule has 0 spiro atoms. The highest BCUT2D eigenvalue weighted by Gasteiger charge is 2.29. The van der Waals surface area contributed by atoms with Crippen molar-refractivity contribution in [3.63, 3.8) is 0 Å². The van der Waals surface area contributed by atoms with Crippen molar-refractivity contribution < 1.29 is 37.5 Å². The Morgan fingerprint density at radius 1 is 1.03 bits per heavy atom. The molecule has 0 aliphatic rings. The van der Waals surface area contributed by atoms with E-state index >= 15 is 0 Å². The number of nitrogens with one attached hydrogen (secondary N) is 3. The van der Waals surface area contributed by atoms with Crippen LogP contribution >= 0.6 is 0 Å². The summed E-state index contributed by atoms with van der Waals surface area (Å²) in [4.78, 5) is 60.5. The molecule has 1 rings (SSSR count). The number of ketones is 1. The first kappa shape index (κ1) is 27.8. The van der Waals surface area contributed by atoms with E-state index in [0.29, 0.717) is 12.0 Å². The van der Waals surface area contributed by atoms with Crippen LogP contribution in [0.1, 0.15) is 38.3 Å². The van der Waals surface area contributed by atoms with Crippen molar-refractivity contribution in [1.29, 1.82) is 0 Å². The van der Waals surface area contributed by atoms with E-state index in [1.165, 1.54) is 19.1 Å². The molecule has 0 bridgehead atoms. The van der Waals surface area contributed by atoms with Crippen LogP contribution in [0.15, 0.2) is 30.3 Å². The van der Waals surface area contributed by atoms with Gasteiger partial charge in [0, 0.05) is 12.2 Å². The summed E-state index contributed by atoms with van der Waals surface area (Å²) in [6.45, 7) is 2.46. The number of carbonyl (C=O) groups is 5. The maximum Gasteiger partial charge on any atom is 0.330 e. The van der Waals surface area contributed by atoms with Gasteiger partial charge in [0.1, 0.15) is 9.84 Å². The summed E-state index contributed by atoms with van der Waals surface area (Å²) < 4.78 is 22.7. The molecule has 0 heterocycles. The fraction of sp³-hybridized carbons (Fsp3) is 0.476. The number of carboxylic acid groups (broad SMARTS) is 1. The van der Waals surface area contributed by atoms with Crippen LogP contribution in [0.3, 0.4) is 0 Å². The lowest BCUT2D eigenvalue weighted by molar-refractivity contribution is -0.142. The minimum atomic E-state index is -3.42. The van der Waals surface area contributed by atoms with Gasteiger partial charge in [-0.15, -0.1) is 0 Å². The average molecular weight is 484 g/mol. The van der Waals surface area contributed by atoms with Crippen LogP contribution in [0, 0.1) is 5.92 Å². The Labute approximate surface area is 192 Å². The molecule has 3 amide bonds. The summed E-state index contributed by atoms with van der Waals surface area (Å²) in [5, 5.41) is 16.1. The summed E-state index contributed by atoms with van der Waals surface area (Å²) >= 11 is 0. The Hall–Kier alpha value is -3.28. The normalized spacial score (nSPS) is 13.8. The molecule has 1 aromatic rings. The van der Waals surface area contributed by atoms with E-state index in [0.717, 1.165) is 6.26 Å². The van der Waals surface area contributed by atoms with E-state index < -0.39 is 69.6 Å². The standard InChI is InChI=1S/C21H29N3O8S/c1-4-8-15(23-19(27)13(2)12-33(3,31)32)18(26)20(28)22-11-16(25)24-17(21(29)30)14-9-6-5-7-10-14/h5-7,9-10,13,15,17H,4,8,11-12H2,1-3H3,(H,22,28)(H,23,27)(H,24,25)(H,29,30)/t13?,15?,17-/m0/s1. The third-order valence-corrected chi connectivity index (χ3v) is 5.63. The number of rotatable bonds is 13. The maximum absolute atomic E-state index is 12.5. The molecule has 0 saturated heterocycles. The van der Waals surface area contributed by atoms with Gasteiger partial charge in [0.2, 0.25) is 17.6 Å². The molecule has 0 aliphatic heterocycles.